The van der Waals surface area contributed by atoms with E-state index in [9.17, 15) is 4.79 Å². The maximum atomic E-state index is 13.1. The van der Waals surface area contributed by atoms with E-state index in [0.717, 1.165) is 18.5 Å². The van der Waals surface area contributed by atoms with Crippen LogP contribution in [-0.2, 0) is 18.3 Å². The van der Waals surface area contributed by atoms with E-state index in [1.54, 1.807) is 0 Å². The molecular formula is C29H34N2O. The molecule has 166 valence electrons. The van der Waals surface area contributed by atoms with Gasteiger partial charge < -0.3 is 10.6 Å². The Morgan fingerprint density at radius 2 is 1.31 bits per heavy atom. The molecule has 0 bridgehead atoms. The van der Waals surface area contributed by atoms with Crippen LogP contribution in [0, 0.1) is 0 Å². The minimum atomic E-state index is -0.133. The monoisotopic (exact) mass is 426 g/mol. The molecule has 0 unspecified atom stereocenters. The quantitative estimate of drug-likeness (QED) is 0.447. The zero-order chi connectivity index (χ0) is 22.7. The molecule has 4 rings (SSSR count). The number of para-hydroxylation sites is 1. The molecule has 0 fully saturated rings. The van der Waals surface area contributed by atoms with Crippen molar-refractivity contribution in [1.82, 2.24) is 5.32 Å². The van der Waals surface area contributed by atoms with Crippen molar-refractivity contribution in [2.45, 2.75) is 57.8 Å². The second-order valence-electron chi connectivity index (χ2n) is 9.70. The lowest BCUT2D eigenvalue weighted by molar-refractivity contribution is 0.248. The molecule has 0 saturated carbocycles. The number of anilines is 1. The highest BCUT2D eigenvalue weighted by molar-refractivity contribution is 5.91. The van der Waals surface area contributed by atoms with Crippen LogP contribution in [0.2, 0.25) is 0 Å². The summed E-state index contributed by atoms with van der Waals surface area (Å²) in [5.41, 5.74) is 7.23. The Morgan fingerprint density at radius 3 is 1.84 bits per heavy atom. The summed E-state index contributed by atoms with van der Waals surface area (Å²) in [7, 11) is 0. The predicted molar refractivity (Wildman–Crippen MR) is 134 cm³/mol. The summed E-state index contributed by atoms with van der Waals surface area (Å²) in [6.45, 7) is 9.27. The molecule has 3 heteroatoms. The van der Waals surface area contributed by atoms with Gasteiger partial charge >= 0.3 is 6.03 Å². The number of fused-ring (bicyclic) bond motifs is 1. The average Bonchev–Trinajstić information content (AvgIpc) is 3.18. The van der Waals surface area contributed by atoms with Gasteiger partial charge in [0, 0.05) is 17.6 Å². The zero-order valence-electron chi connectivity index (χ0n) is 19.6. The Balaban J connectivity index is 1.57. The number of hydrogen-bond acceptors (Lipinski definition) is 1. The molecule has 3 aromatic carbocycles. The molecule has 3 nitrogen and oxygen atoms in total. The van der Waals surface area contributed by atoms with E-state index >= 15 is 0 Å². The van der Waals surface area contributed by atoms with E-state index in [1.807, 2.05) is 0 Å². The third kappa shape index (κ3) is 4.43. The molecule has 0 aliphatic heterocycles. The second-order valence-corrected chi connectivity index (χ2v) is 9.70. The van der Waals surface area contributed by atoms with Crippen molar-refractivity contribution < 1.29 is 4.79 Å². The first-order valence-electron chi connectivity index (χ1n) is 11.7. The minimum Gasteiger partial charge on any atom is -0.337 e. The fourth-order valence-electron chi connectivity index (χ4n) is 5.02. The Kier molecular flexibility index (Phi) is 6.36. The Hall–Kier alpha value is -3.07. The zero-order valence-corrected chi connectivity index (χ0v) is 19.6. The molecule has 0 heterocycles. The van der Waals surface area contributed by atoms with Crippen molar-refractivity contribution in [3.8, 4) is 0 Å². The third-order valence-corrected chi connectivity index (χ3v) is 6.76. The van der Waals surface area contributed by atoms with E-state index in [2.05, 4.69) is 111 Å². The van der Waals surface area contributed by atoms with Crippen molar-refractivity contribution in [2.24, 2.45) is 0 Å². The van der Waals surface area contributed by atoms with Crippen LogP contribution in [0.1, 0.15) is 67.3 Å². The third-order valence-electron chi connectivity index (χ3n) is 6.76. The molecule has 0 spiro atoms. The van der Waals surface area contributed by atoms with Gasteiger partial charge in [-0.2, -0.15) is 0 Å². The van der Waals surface area contributed by atoms with E-state index in [0.29, 0.717) is 18.4 Å². The predicted octanol–water partition coefficient (Wildman–Crippen LogP) is 6.79. The Labute approximate surface area is 192 Å². The SMILES string of the molecule is CC(C)c1cccc(C(C)C)c1NC(=O)NCC1(c2ccccc2)Cc2ccccc2C1. The van der Waals surface area contributed by atoms with Crippen molar-refractivity contribution in [3.05, 3.63) is 101 Å². The van der Waals surface area contributed by atoms with Gasteiger partial charge in [0.05, 0.1) is 0 Å². The minimum absolute atomic E-state index is 0.124. The standard InChI is InChI=1S/C29H34N2O/c1-20(2)25-15-10-16-26(21(3)4)27(25)31-28(32)30-19-29(24-13-6-5-7-14-24)17-22-11-8-9-12-23(22)18-29/h5-16,20-21H,17-19H2,1-4H3,(H2,30,31,32). The molecular weight excluding hydrogens is 392 g/mol. The highest BCUT2D eigenvalue weighted by Crippen LogP contribution is 2.39. The van der Waals surface area contributed by atoms with E-state index < -0.39 is 0 Å². The summed E-state index contributed by atoms with van der Waals surface area (Å²) in [6, 6.07) is 25.5. The maximum Gasteiger partial charge on any atom is 0.319 e. The molecule has 32 heavy (non-hydrogen) atoms. The molecule has 0 radical (unpaired) electrons. The van der Waals surface area contributed by atoms with Crippen molar-refractivity contribution in [3.63, 3.8) is 0 Å². The van der Waals surface area contributed by atoms with Crippen LogP contribution in [0.3, 0.4) is 0 Å². The van der Waals surface area contributed by atoms with Crippen molar-refractivity contribution in [2.75, 3.05) is 11.9 Å². The summed E-state index contributed by atoms with van der Waals surface area (Å²) in [5, 5.41) is 6.44. The highest BCUT2D eigenvalue weighted by atomic mass is 16.2. The molecule has 2 amide bonds. The van der Waals surface area contributed by atoms with E-state index in [-0.39, 0.29) is 11.4 Å². The van der Waals surface area contributed by atoms with Gasteiger partial charge in [-0.3, -0.25) is 0 Å². The first-order chi connectivity index (χ1) is 15.4. The normalized spacial score (nSPS) is 14.4. The van der Waals surface area contributed by atoms with Crippen LogP contribution in [0.5, 0.6) is 0 Å². The molecule has 1 aliphatic rings. The fraction of sp³-hybridized carbons (Fsp3) is 0.345. The molecule has 0 atom stereocenters. The van der Waals surface area contributed by atoms with Gasteiger partial charge in [-0.1, -0.05) is 100 Å². The van der Waals surface area contributed by atoms with Crippen LogP contribution in [-0.4, -0.2) is 12.6 Å². The summed E-state index contributed by atoms with van der Waals surface area (Å²) in [4.78, 5) is 13.1. The van der Waals surface area contributed by atoms with Gasteiger partial charge in [0.15, 0.2) is 0 Å². The summed E-state index contributed by atoms with van der Waals surface area (Å²) >= 11 is 0. The number of carbonyl (C=O) groups excluding carboxylic acids is 1. The fourth-order valence-corrected chi connectivity index (χ4v) is 5.02. The number of benzene rings is 3. The average molecular weight is 427 g/mol. The van der Waals surface area contributed by atoms with Crippen LogP contribution in [0.4, 0.5) is 10.5 Å². The van der Waals surface area contributed by atoms with Crippen LogP contribution in [0.15, 0.2) is 72.8 Å². The molecule has 1 aliphatic carbocycles. The van der Waals surface area contributed by atoms with Crippen LogP contribution in [0.25, 0.3) is 0 Å². The van der Waals surface area contributed by atoms with Crippen molar-refractivity contribution in [1.29, 1.82) is 0 Å². The number of amides is 2. The van der Waals surface area contributed by atoms with Crippen LogP contribution < -0.4 is 10.6 Å². The number of carbonyl (C=O) groups is 1. The van der Waals surface area contributed by atoms with Crippen LogP contribution >= 0.6 is 0 Å². The van der Waals surface area contributed by atoms with Gasteiger partial charge in [-0.15, -0.1) is 0 Å². The lowest BCUT2D eigenvalue weighted by atomic mass is 9.77. The lowest BCUT2D eigenvalue weighted by Crippen LogP contribution is -2.43. The summed E-state index contributed by atoms with van der Waals surface area (Å²) in [5.74, 6) is 0.674. The molecule has 3 aromatic rings. The largest absolute Gasteiger partial charge is 0.337 e. The highest BCUT2D eigenvalue weighted by Gasteiger charge is 2.39. The summed E-state index contributed by atoms with van der Waals surface area (Å²) in [6.07, 6.45) is 1.88. The number of nitrogens with one attached hydrogen (secondary N) is 2. The summed E-state index contributed by atoms with van der Waals surface area (Å²) < 4.78 is 0. The van der Waals surface area contributed by atoms with Gasteiger partial charge in [0.25, 0.3) is 0 Å². The smallest absolute Gasteiger partial charge is 0.319 e. The first kappa shape index (κ1) is 22.1. The van der Waals surface area contributed by atoms with Gasteiger partial charge in [0.2, 0.25) is 0 Å². The molecule has 2 N–H and O–H groups in total. The number of hydrogen-bond donors (Lipinski definition) is 2. The van der Waals surface area contributed by atoms with Gasteiger partial charge in [-0.05, 0) is 52.5 Å². The van der Waals surface area contributed by atoms with E-state index in [1.165, 1.54) is 27.8 Å². The first-order valence-corrected chi connectivity index (χ1v) is 11.7. The maximum absolute atomic E-state index is 13.1. The van der Waals surface area contributed by atoms with Gasteiger partial charge in [0.1, 0.15) is 0 Å². The molecule has 0 saturated heterocycles. The second kappa shape index (κ2) is 9.20. The van der Waals surface area contributed by atoms with E-state index in [4.69, 9.17) is 0 Å². The topological polar surface area (TPSA) is 41.1 Å². The Bertz CT molecular complexity index is 1030. The molecule has 0 aromatic heterocycles. The number of urea groups is 1. The lowest BCUT2D eigenvalue weighted by Gasteiger charge is -2.30. The van der Waals surface area contributed by atoms with Gasteiger partial charge in [-0.25, -0.2) is 4.79 Å². The van der Waals surface area contributed by atoms with Crippen molar-refractivity contribution >= 4 is 11.7 Å². The number of rotatable bonds is 6. The Morgan fingerprint density at radius 1 is 0.781 bits per heavy atom.